The van der Waals surface area contributed by atoms with E-state index < -0.39 is 120 Å². The predicted molar refractivity (Wildman–Crippen MR) is 119 cm³/mol. The molecule has 0 unspecified atom stereocenters. The molecule has 152 valence electrons. The van der Waals surface area contributed by atoms with Crippen LogP contribution in [0.5, 0.6) is 0 Å². The van der Waals surface area contributed by atoms with E-state index in [9.17, 15) is 9.90 Å². The monoisotopic (exact) mass is 425 g/mol. The van der Waals surface area contributed by atoms with Crippen molar-refractivity contribution < 1.29 is 31.8 Å². The topological polar surface area (TPSA) is 88.2 Å². The fraction of sp³-hybridized carbons (Fsp3) is 0.304. The second kappa shape index (κ2) is 10.2. The van der Waals surface area contributed by atoms with E-state index in [0.29, 0.717) is 11.3 Å². The molecule has 0 radical (unpaired) electrons. The number of carbonyl (C=O) groups is 1. The second-order valence-electron chi connectivity index (χ2n) is 5.53. The number of rotatable bonds is 9. The molecule has 1 amide bonds. The van der Waals surface area contributed by atoms with Gasteiger partial charge >= 0.3 is 0 Å². The summed E-state index contributed by atoms with van der Waals surface area (Å²) in [5.41, 5.74) is 2.05. The van der Waals surface area contributed by atoms with Crippen LogP contribution in [0.2, 0.25) is 0 Å². The van der Waals surface area contributed by atoms with Gasteiger partial charge < -0.3 is 16.2 Å². The SMILES string of the molecule is [2H]c1sc(N)nc1C([2H])([2H])C(=O)Nc1c([2H])c([2H])c(C([2H])([2H])CCC([2H])([2H])[C@]([2H])(O)c2c([2H])c([2H])c([2H])c(C)c2[2H])c([2H])c1[2H]. The van der Waals surface area contributed by atoms with E-state index in [1.54, 1.807) is 0 Å². The lowest BCUT2D eigenvalue weighted by Gasteiger charge is -2.11. The van der Waals surface area contributed by atoms with Gasteiger partial charge in [0.15, 0.2) is 5.13 Å². The number of carbonyl (C=O) groups excluding carboxylic acids is 1. The number of anilines is 2. The van der Waals surface area contributed by atoms with Crippen LogP contribution in [0.3, 0.4) is 0 Å². The molecule has 1 aromatic heterocycles. The quantitative estimate of drug-likeness (QED) is 0.465. The largest absolute Gasteiger partial charge is 0.388 e. The maximum atomic E-state index is 12.8. The lowest BCUT2D eigenvalue weighted by molar-refractivity contribution is -0.115. The Bertz CT molecular complexity index is 1630. The van der Waals surface area contributed by atoms with Gasteiger partial charge in [-0.05, 0) is 49.3 Å². The highest BCUT2D eigenvalue weighted by atomic mass is 32.1. The van der Waals surface area contributed by atoms with Gasteiger partial charge in [-0.25, -0.2) is 4.98 Å². The summed E-state index contributed by atoms with van der Waals surface area (Å²) in [6, 6.07) is -6.88. The van der Waals surface area contributed by atoms with Gasteiger partial charge in [-0.3, -0.25) is 4.79 Å². The maximum absolute atomic E-state index is 12.8. The van der Waals surface area contributed by atoms with E-state index in [2.05, 4.69) is 4.98 Å². The second-order valence-corrected chi connectivity index (χ2v) is 6.36. The molecule has 1 heterocycles. The standard InChI is InChI=1S/C23H27N3O2S/c1-16-5-4-7-18(13-16)21(27)8-3-2-6-17-9-11-19(12-10-17)25-22(28)14-20-15-29-23(24)26-20/h4-5,7,9-13,15,21,27H,2-3,6,8,14H2,1H3,(H2,24,26)(H,25,28)/t21-/m0/s1/i4D,5D,6D2,7D,8D2,9D,10D,11D,12D,13D,14D2,15D,21D. The Kier molecular flexibility index (Phi) is 3.01. The molecule has 0 saturated heterocycles. The average Bonchev–Trinajstić information content (AvgIpc) is 3.29. The van der Waals surface area contributed by atoms with Crippen molar-refractivity contribution in [2.24, 2.45) is 0 Å². The van der Waals surface area contributed by atoms with Crippen LogP contribution in [0.25, 0.3) is 0 Å². The summed E-state index contributed by atoms with van der Waals surface area (Å²) in [6.07, 6.45) is -14.3. The molecule has 29 heavy (non-hydrogen) atoms. The summed E-state index contributed by atoms with van der Waals surface area (Å²) in [6.45, 7) is 1.22. The Balaban J connectivity index is 1.97. The summed E-state index contributed by atoms with van der Waals surface area (Å²) >= 11 is 0.594. The van der Waals surface area contributed by atoms with Crippen LogP contribution < -0.4 is 11.1 Å². The number of nitrogens with zero attached hydrogens (tertiary/aromatic N) is 1. The fourth-order valence-corrected chi connectivity index (χ4v) is 2.47. The molecule has 2 aromatic carbocycles. The van der Waals surface area contributed by atoms with Crippen LogP contribution in [0.15, 0.2) is 53.7 Å². The van der Waals surface area contributed by atoms with Gasteiger partial charge in [0.05, 0.1) is 31.9 Å². The van der Waals surface area contributed by atoms with Gasteiger partial charge in [0.2, 0.25) is 5.91 Å². The highest BCUT2D eigenvalue weighted by molar-refractivity contribution is 7.13. The zero-order chi connectivity index (χ0) is 34.8. The van der Waals surface area contributed by atoms with Gasteiger partial charge in [0, 0.05) is 19.3 Å². The Morgan fingerprint density at radius 2 is 2.14 bits per heavy atom. The van der Waals surface area contributed by atoms with Crippen molar-refractivity contribution in [3.63, 3.8) is 0 Å². The number of hydrogen-bond donors (Lipinski definition) is 3. The van der Waals surface area contributed by atoms with Crippen LogP contribution in [0, 0.1) is 6.92 Å². The van der Waals surface area contributed by atoms with Crippen molar-refractivity contribution in [2.75, 3.05) is 11.1 Å². The highest BCUT2D eigenvalue weighted by Gasteiger charge is 2.08. The van der Waals surface area contributed by atoms with Crippen LogP contribution >= 0.6 is 11.3 Å². The molecule has 0 saturated carbocycles. The van der Waals surface area contributed by atoms with Crippen LogP contribution in [-0.4, -0.2) is 16.0 Å². The first kappa shape index (κ1) is 8.58. The molecule has 0 fully saturated rings. The molecular weight excluding hydrogens is 382 g/mol. The minimum absolute atomic E-state index is 0.192. The number of aliphatic hydroxyl groups is 1. The lowest BCUT2D eigenvalue weighted by Crippen LogP contribution is -2.14. The third-order valence-electron chi connectivity index (χ3n) is 3.28. The molecule has 0 aliphatic rings. The molecule has 3 aromatic rings. The molecule has 0 aliphatic carbocycles. The first-order chi connectivity index (χ1) is 20.3. The normalized spacial score (nSPS) is 22.4. The molecule has 4 N–H and O–H groups in total. The minimum atomic E-state index is -3.38. The smallest absolute Gasteiger partial charge is 0.230 e. The third kappa shape index (κ3) is 6.69. The predicted octanol–water partition coefficient (Wildman–Crippen LogP) is 4.66. The number of hydrogen-bond acceptors (Lipinski definition) is 5. The molecule has 0 bridgehead atoms. The first-order valence-electron chi connectivity index (χ1n) is 16.3. The van der Waals surface area contributed by atoms with Crippen molar-refractivity contribution in [2.45, 2.75) is 45.0 Å². The molecule has 0 aliphatic heterocycles. The van der Waals surface area contributed by atoms with E-state index in [1.807, 2.05) is 5.32 Å². The van der Waals surface area contributed by atoms with Crippen molar-refractivity contribution in [3.8, 4) is 0 Å². The van der Waals surface area contributed by atoms with Crippen LogP contribution in [-0.2, 0) is 17.5 Å². The van der Waals surface area contributed by atoms with Gasteiger partial charge in [-0.15, -0.1) is 11.3 Å². The highest BCUT2D eigenvalue weighted by Crippen LogP contribution is 2.21. The van der Waals surface area contributed by atoms with Gasteiger partial charge in [-0.2, -0.15) is 0 Å². The van der Waals surface area contributed by atoms with E-state index in [0.717, 1.165) is 0 Å². The summed E-state index contributed by atoms with van der Waals surface area (Å²) in [4.78, 5) is 16.4. The Morgan fingerprint density at radius 1 is 1.34 bits per heavy atom. The number of benzene rings is 2. The number of amides is 1. The Morgan fingerprint density at radius 3 is 2.86 bits per heavy atom. The van der Waals surface area contributed by atoms with Crippen LogP contribution in [0.1, 0.15) is 69.6 Å². The number of nitrogens with one attached hydrogen (secondary N) is 1. The summed E-state index contributed by atoms with van der Waals surface area (Å²) in [7, 11) is 0. The van der Waals surface area contributed by atoms with Gasteiger partial charge in [0.1, 0.15) is 0 Å². The molecule has 0 spiro atoms. The lowest BCUT2D eigenvalue weighted by atomic mass is 10.00. The summed E-state index contributed by atoms with van der Waals surface area (Å²) in [5.74, 6) is -1.51. The third-order valence-corrected chi connectivity index (χ3v) is 3.87. The number of nitrogen functional groups attached to an aromatic ring is 1. The van der Waals surface area contributed by atoms with Gasteiger partial charge in [0.25, 0.3) is 0 Å². The molecule has 1 atom stereocenters. The maximum Gasteiger partial charge on any atom is 0.230 e. The van der Waals surface area contributed by atoms with Gasteiger partial charge in [-0.1, -0.05) is 48.2 Å². The van der Waals surface area contributed by atoms with E-state index >= 15 is 0 Å². The van der Waals surface area contributed by atoms with Crippen LogP contribution in [0.4, 0.5) is 10.8 Å². The Labute approximate surface area is 198 Å². The van der Waals surface area contributed by atoms with Crippen molar-refractivity contribution in [1.82, 2.24) is 4.98 Å². The van der Waals surface area contributed by atoms with E-state index in [-0.39, 0.29) is 10.7 Å². The number of nitrogens with two attached hydrogens (primary N) is 1. The van der Waals surface area contributed by atoms with E-state index in [4.69, 9.17) is 27.7 Å². The Hall–Kier alpha value is -2.70. The molecule has 6 heteroatoms. The first-order valence-corrected chi connectivity index (χ1v) is 9.10. The summed E-state index contributed by atoms with van der Waals surface area (Å²) in [5, 5.41) is 12.2. The number of thiazole rings is 1. The zero-order valence-corrected chi connectivity index (χ0v) is 16.0. The number of aromatic nitrogens is 1. The van der Waals surface area contributed by atoms with Crippen molar-refractivity contribution >= 4 is 28.1 Å². The average molecular weight is 426 g/mol. The molecule has 3 rings (SSSR count). The van der Waals surface area contributed by atoms with Crippen molar-refractivity contribution in [3.05, 3.63) is 76.1 Å². The minimum Gasteiger partial charge on any atom is -0.388 e. The van der Waals surface area contributed by atoms with E-state index in [1.165, 1.54) is 6.92 Å². The zero-order valence-electron chi connectivity index (χ0n) is 31.2. The molecule has 5 nitrogen and oxygen atoms in total. The fourth-order valence-electron chi connectivity index (χ4n) is 2.04. The molecular formula is C23H27N3O2S. The summed E-state index contributed by atoms with van der Waals surface area (Å²) < 4.78 is 131. The van der Waals surface area contributed by atoms with Crippen molar-refractivity contribution in [1.29, 1.82) is 0 Å².